The molecule has 0 bridgehead atoms. The molecular formula is C36H36FN3O6. The van der Waals surface area contributed by atoms with Crippen LogP contribution in [-0.4, -0.2) is 73.9 Å². The fourth-order valence-corrected chi connectivity index (χ4v) is 5.78. The zero-order chi connectivity index (χ0) is 32.1. The smallest absolute Gasteiger partial charge is 0.255 e. The van der Waals surface area contributed by atoms with Gasteiger partial charge in [-0.25, -0.2) is 4.39 Å². The molecule has 0 radical (unpaired) electrons. The van der Waals surface area contributed by atoms with Gasteiger partial charge in [0.2, 0.25) is 0 Å². The predicted molar refractivity (Wildman–Crippen MR) is 170 cm³/mol. The van der Waals surface area contributed by atoms with Gasteiger partial charge in [-0.2, -0.15) is 0 Å². The van der Waals surface area contributed by atoms with E-state index in [2.05, 4.69) is 15.2 Å². The van der Waals surface area contributed by atoms with Gasteiger partial charge in [0.25, 0.3) is 5.91 Å². The number of benzene rings is 3. The Morgan fingerprint density at radius 2 is 1.57 bits per heavy atom. The first kappa shape index (κ1) is 31.3. The van der Waals surface area contributed by atoms with E-state index in [1.54, 1.807) is 48.7 Å². The van der Waals surface area contributed by atoms with E-state index in [4.69, 9.17) is 14.2 Å². The number of methoxy groups -OCH3 is 1. The molecule has 9 nitrogen and oxygen atoms in total. The number of Topliss-reactive ketones (excluding diaryl/α,β-unsaturated/α-hetero) is 2. The second-order valence-electron chi connectivity index (χ2n) is 11.7. The number of ketones is 2. The molecule has 1 saturated heterocycles. The summed E-state index contributed by atoms with van der Waals surface area (Å²) in [6, 6.07) is 18.2. The first-order valence-corrected chi connectivity index (χ1v) is 15.5. The summed E-state index contributed by atoms with van der Waals surface area (Å²) in [5.41, 5.74) is 1.52. The number of pyridine rings is 1. The lowest BCUT2D eigenvalue weighted by atomic mass is 9.88. The summed E-state index contributed by atoms with van der Waals surface area (Å²) in [7, 11) is 1.52. The maximum absolute atomic E-state index is 13.2. The average molecular weight is 626 g/mol. The molecule has 0 atom stereocenters. The Bertz CT molecular complexity index is 1730. The Morgan fingerprint density at radius 1 is 0.913 bits per heavy atom. The Kier molecular flexibility index (Phi) is 9.37. The number of nitrogens with zero attached hydrogens (tertiary/aromatic N) is 2. The maximum atomic E-state index is 13.2. The number of nitrogens with one attached hydrogen (secondary N) is 1. The molecule has 238 valence electrons. The van der Waals surface area contributed by atoms with Crippen LogP contribution in [0.2, 0.25) is 0 Å². The molecule has 2 heterocycles. The molecular weight excluding hydrogens is 589 g/mol. The van der Waals surface area contributed by atoms with E-state index >= 15 is 0 Å². The number of amides is 1. The molecule has 46 heavy (non-hydrogen) atoms. The summed E-state index contributed by atoms with van der Waals surface area (Å²) in [5, 5.41) is 3.64. The zero-order valence-corrected chi connectivity index (χ0v) is 25.7. The lowest BCUT2D eigenvalue weighted by Gasteiger charge is -2.26. The fraction of sp³-hybridized carbons (Fsp3) is 0.333. The van der Waals surface area contributed by atoms with Gasteiger partial charge in [-0.1, -0.05) is 24.3 Å². The van der Waals surface area contributed by atoms with Crippen molar-refractivity contribution in [3.63, 3.8) is 0 Å². The van der Waals surface area contributed by atoms with Gasteiger partial charge in [-0.15, -0.1) is 0 Å². The van der Waals surface area contributed by atoms with Crippen molar-refractivity contribution in [1.82, 2.24) is 15.2 Å². The first-order chi connectivity index (χ1) is 22.3. The molecule has 1 saturated carbocycles. The third kappa shape index (κ3) is 7.08. The molecule has 4 aromatic rings. The summed E-state index contributed by atoms with van der Waals surface area (Å²) in [4.78, 5) is 46.1. The van der Waals surface area contributed by atoms with Gasteiger partial charge in [0, 0.05) is 56.7 Å². The number of halogens is 1. The average Bonchev–Trinajstić information content (AvgIpc) is 3.89. The van der Waals surface area contributed by atoms with Crippen molar-refractivity contribution in [2.24, 2.45) is 5.41 Å². The number of aromatic nitrogens is 1. The Labute approximate surface area is 266 Å². The highest BCUT2D eigenvalue weighted by Gasteiger charge is 2.54. The van der Waals surface area contributed by atoms with Crippen LogP contribution in [0.25, 0.3) is 10.9 Å². The monoisotopic (exact) mass is 625 g/mol. The van der Waals surface area contributed by atoms with Crippen LogP contribution in [0.3, 0.4) is 0 Å². The highest BCUT2D eigenvalue weighted by atomic mass is 19.1. The molecule has 1 N–H and O–H groups in total. The van der Waals surface area contributed by atoms with Gasteiger partial charge in [-0.3, -0.25) is 24.3 Å². The number of ether oxygens (including phenoxy) is 3. The minimum absolute atomic E-state index is 0.0990. The standard InChI is InChI=1S/C36H36FN3O6/c1-44-32-23-30-28(22-29(32)35(43)39-14-15-40-16-18-45-19-17-40)31(10-13-38-30)46-27-8-4-25(5-9-27)21-34(42)36(11-12-36)33(41)20-24-2-6-26(37)7-3-24/h2-10,13,22-23H,11-12,14-21H2,1H3,(H,39,43). The molecule has 1 aliphatic carbocycles. The van der Waals surface area contributed by atoms with Gasteiger partial charge < -0.3 is 19.5 Å². The van der Waals surface area contributed by atoms with Crippen molar-refractivity contribution in [3.8, 4) is 17.2 Å². The molecule has 0 spiro atoms. The van der Waals surface area contributed by atoms with Gasteiger partial charge in [0.05, 0.1) is 36.8 Å². The van der Waals surface area contributed by atoms with Crippen LogP contribution >= 0.6 is 0 Å². The molecule has 1 amide bonds. The summed E-state index contributed by atoms with van der Waals surface area (Å²) in [5.74, 6) is 0.654. The first-order valence-electron chi connectivity index (χ1n) is 15.5. The van der Waals surface area contributed by atoms with Crippen molar-refractivity contribution < 1.29 is 33.0 Å². The van der Waals surface area contributed by atoms with Crippen molar-refractivity contribution in [2.45, 2.75) is 25.7 Å². The highest BCUT2D eigenvalue weighted by molar-refractivity contribution is 6.11. The van der Waals surface area contributed by atoms with E-state index in [0.29, 0.717) is 71.9 Å². The second kappa shape index (κ2) is 13.8. The molecule has 1 aliphatic heterocycles. The molecule has 10 heteroatoms. The largest absolute Gasteiger partial charge is 0.496 e. The van der Waals surface area contributed by atoms with E-state index < -0.39 is 5.41 Å². The molecule has 1 aromatic heterocycles. The Balaban J connectivity index is 1.11. The number of carbonyl (C=O) groups is 3. The number of carbonyl (C=O) groups excluding carboxylic acids is 3. The zero-order valence-electron chi connectivity index (χ0n) is 25.7. The molecule has 2 aliphatic rings. The predicted octanol–water partition coefficient (Wildman–Crippen LogP) is 4.94. The SMILES string of the molecule is COc1cc2nccc(Oc3ccc(CC(=O)C4(C(=O)Cc5ccc(F)cc5)CC4)cc3)c2cc1C(=O)NCCN1CCOCC1. The minimum atomic E-state index is -0.951. The quantitative estimate of drug-likeness (QED) is 0.208. The molecule has 3 aromatic carbocycles. The summed E-state index contributed by atoms with van der Waals surface area (Å²) >= 11 is 0. The van der Waals surface area contributed by atoms with Crippen LogP contribution in [0.1, 0.15) is 34.3 Å². The second-order valence-corrected chi connectivity index (χ2v) is 11.7. The van der Waals surface area contributed by atoms with Crippen molar-refractivity contribution >= 4 is 28.4 Å². The van der Waals surface area contributed by atoms with E-state index in [0.717, 1.165) is 25.2 Å². The van der Waals surface area contributed by atoms with Gasteiger partial charge in [-0.05, 0) is 60.4 Å². The summed E-state index contributed by atoms with van der Waals surface area (Å²) in [6.45, 7) is 4.32. The molecule has 6 rings (SSSR count). The third-order valence-corrected chi connectivity index (χ3v) is 8.70. The highest BCUT2D eigenvalue weighted by Crippen LogP contribution is 2.49. The maximum Gasteiger partial charge on any atom is 0.255 e. The summed E-state index contributed by atoms with van der Waals surface area (Å²) < 4.78 is 30.4. The Hall–Kier alpha value is -4.67. The lowest BCUT2D eigenvalue weighted by molar-refractivity contribution is -0.133. The van der Waals surface area contributed by atoms with E-state index in [1.807, 2.05) is 12.1 Å². The third-order valence-electron chi connectivity index (χ3n) is 8.70. The minimum Gasteiger partial charge on any atom is -0.496 e. The van der Waals surface area contributed by atoms with Crippen LogP contribution < -0.4 is 14.8 Å². The topological polar surface area (TPSA) is 107 Å². The van der Waals surface area contributed by atoms with Gasteiger partial charge in [0.1, 0.15) is 23.1 Å². The number of hydrogen-bond acceptors (Lipinski definition) is 8. The van der Waals surface area contributed by atoms with E-state index in [-0.39, 0.29) is 36.1 Å². The van der Waals surface area contributed by atoms with Crippen molar-refractivity contribution in [1.29, 1.82) is 0 Å². The van der Waals surface area contributed by atoms with Crippen LogP contribution in [0.15, 0.2) is 72.9 Å². The molecule has 2 fully saturated rings. The number of rotatable bonds is 13. The van der Waals surface area contributed by atoms with Crippen molar-refractivity contribution in [3.05, 3.63) is 95.4 Å². The van der Waals surface area contributed by atoms with Crippen LogP contribution in [-0.2, 0) is 27.2 Å². The van der Waals surface area contributed by atoms with E-state index in [1.165, 1.54) is 19.2 Å². The van der Waals surface area contributed by atoms with Gasteiger partial charge >= 0.3 is 0 Å². The molecule has 0 unspecified atom stereocenters. The Morgan fingerprint density at radius 3 is 2.20 bits per heavy atom. The number of hydrogen-bond donors (Lipinski definition) is 1. The number of morpholine rings is 1. The van der Waals surface area contributed by atoms with E-state index in [9.17, 15) is 18.8 Å². The van der Waals surface area contributed by atoms with Crippen molar-refractivity contribution in [2.75, 3.05) is 46.5 Å². The number of fused-ring (bicyclic) bond motifs is 1. The van der Waals surface area contributed by atoms with Crippen LogP contribution in [0.5, 0.6) is 17.2 Å². The summed E-state index contributed by atoms with van der Waals surface area (Å²) in [6.07, 6.45) is 2.96. The fourth-order valence-electron chi connectivity index (χ4n) is 5.78. The van der Waals surface area contributed by atoms with Gasteiger partial charge in [0.15, 0.2) is 11.6 Å². The van der Waals surface area contributed by atoms with Crippen LogP contribution in [0.4, 0.5) is 4.39 Å². The normalized spacial score (nSPS) is 15.7. The van der Waals surface area contributed by atoms with Crippen LogP contribution in [0, 0.1) is 11.2 Å². The lowest BCUT2D eigenvalue weighted by Crippen LogP contribution is -2.41.